The van der Waals surface area contributed by atoms with Gasteiger partial charge < -0.3 is 10.4 Å². The van der Waals surface area contributed by atoms with E-state index in [1.54, 1.807) is 11.7 Å². The van der Waals surface area contributed by atoms with Crippen LogP contribution in [-0.4, -0.2) is 33.4 Å². The van der Waals surface area contributed by atoms with Crippen LogP contribution in [0.15, 0.2) is 6.07 Å². The number of aromatic nitrogens is 2. The van der Waals surface area contributed by atoms with Gasteiger partial charge in [-0.2, -0.15) is 5.10 Å². The number of amides is 1. The predicted molar refractivity (Wildman–Crippen MR) is 79.7 cm³/mol. The van der Waals surface area contributed by atoms with Crippen molar-refractivity contribution < 1.29 is 9.90 Å². The number of nitrogens with zero attached hydrogens (tertiary/aromatic N) is 2. The van der Waals surface area contributed by atoms with Crippen LogP contribution >= 0.6 is 0 Å². The molecule has 0 aliphatic carbocycles. The third-order valence-corrected chi connectivity index (χ3v) is 3.14. The van der Waals surface area contributed by atoms with Gasteiger partial charge in [0.1, 0.15) is 5.69 Å². The first kappa shape index (κ1) is 16.7. The quantitative estimate of drug-likeness (QED) is 0.868. The first-order valence-corrected chi connectivity index (χ1v) is 7.09. The SMILES string of the molecule is CC(C)c1cc(C(=O)NC(CO)CC(C)(C)C)n(C)n1. The summed E-state index contributed by atoms with van der Waals surface area (Å²) in [6.07, 6.45) is 0.726. The maximum absolute atomic E-state index is 12.3. The van der Waals surface area contributed by atoms with Crippen LogP contribution in [0.1, 0.15) is 63.1 Å². The Morgan fingerprint density at radius 3 is 2.45 bits per heavy atom. The highest BCUT2D eigenvalue weighted by Gasteiger charge is 2.22. The monoisotopic (exact) mass is 281 g/mol. The summed E-state index contributed by atoms with van der Waals surface area (Å²) in [5.41, 5.74) is 1.48. The van der Waals surface area contributed by atoms with Crippen LogP contribution in [0.3, 0.4) is 0 Å². The smallest absolute Gasteiger partial charge is 0.269 e. The summed E-state index contributed by atoms with van der Waals surface area (Å²) in [7, 11) is 1.76. The van der Waals surface area contributed by atoms with Crippen molar-refractivity contribution in [2.24, 2.45) is 12.5 Å². The Bertz CT molecular complexity index is 458. The van der Waals surface area contributed by atoms with Gasteiger partial charge in [-0.3, -0.25) is 9.48 Å². The number of carbonyl (C=O) groups is 1. The lowest BCUT2D eigenvalue weighted by atomic mass is 9.88. The molecule has 2 N–H and O–H groups in total. The van der Waals surface area contributed by atoms with E-state index >= 15 is 0 Å². The molecule has 0 fully saturated rings. The van der Waals surface area contributed by atoms with Crippen LogP contribution in [0.25, 0.3) is 0 Å². The second-order valence-electron chi connectivity index (χ2n) is 6.85. The van der Waals surface area contributed by atoms with Gasteiger partial charge in [0.05, 0.1) is 18.3 Å². The zero-order valence-electron chi connectivity index (χ0n) is 13.4. The lowest BCUT2D eigenvalue weighted by Gasteiger charge is -2.25. The summed E-state index contributed by atoms with van der Waals surface area (Å²) >= 11 is 0. The fraction of sp³-hybridized carbons (Fsp3) is 0.733. The van der Waals surface area contributed by atoms with Gasteiger partial charge in [0.2, 0.25) is 0 Å². The number of aliphatic hydroxyl groups excluding tert-OH is 1. The highest BCUT2D eigenvalue weighted by atomic mass is 16.3. The molecule has 1 atom stereocenters. The molecule has 1 heterocycles. The Hall–Kier alpha value is -1.36. The molecule has 114 valence electrons. The summed E-state index contributed by atoms with van der Waals surface area (Å²) in [5.74, 6) is 0.0983. The average Bonchev–Trinajstić information content (AvgIpc) is 2.68. The first-order valence-electron chi connectivity index (χ1n) is 7.09. The van der Waals surface area contributed by atoms with Gasteiger partial charge in [-0.1, -0.05) is 34.6 Å². The molecule has 0 aromatic carbocycles. The second kappa shape index (κ2) is 6.39. The van der Waals surface area contributed by atoms with Crippen molar-refractivity contribution in [1.82, 2.24) is 15.1 Å². The lowest BCUT2D eigenvalue weighted by molar-refractivity contribution is 0.0888. The molecule has 0 aliphatic heterocycles. The average molecular weight is 281 g/mol. The van der Waals surface area contributed by atoms with E-state index in [0.29, 0.717) is 5.69 Å². The molecule has 20 heavy (non-hydrogen) atoms. The summed E-state index contributed by atoms with van der Waals surface area (Å²) in [5, 5.41) is 16.6. The Balaban J connectivity index is 2.79. The molecular weight excluding hydrogens is 254 g/mol. The normalized spacial score (nSPS) is 13.6. The van der Waals surface area contributed by atoms with Crippen LogP contribution in [0.4, 0.5) is 0 Å². The number of hydrogen-bond donors (Lipinski definition) is 2. The van der Waals surface area contributed by atoms with Crippen molar-refractivity contribution in [3.05, 3.63) is 17.5 Å². The van der Waals surface area contributed by atoms with Crippen molar-refractivity contribution in [2.75, 3.05) is 6.61 Å². The zero-order valence-corrected chi connectivity index (χ0v) is 13.4. The van der Waals surface area contributed by atoms with Crippen LogP contribution in [0.5, 0.6) is 0 Å². The highest BCUT2D eigenvalue weighted by Crippen LogP contribution is 2.21. The number of aryl methyl sites for hydroxylation is 1. The maximum Gasteiger partial charge on any atom is 0.269 e. The van der Waals surface area contributed by atoms with Crippen molar-refractivity contribution in [1.29, 1.82) is 0 Å². The highest BCUT2D eigenvalue weighted by molar-refractivity contribution is 5.92. The minimum absolute atomic E-state index is 0.0518. The van der Waals surface area contributed by atoms with Gasteiger partial charge in [-0.05, 0) is 23.8 Å². The van der Waals surface area contributed by atoms with E-state index in [0.717, 1.165) is 12.1 Å². The van der Waals surface area contributed by atoms with Gasteiger partial charge in [0.25, 0.3) is 5.91 Å². The number of carbonyl (C=O) groups excluding carboxylic acids is 1. The van der Waals surface area contributed by atoms with E-state index in [1.807, 2.05) is 19.9 Å². The van der Waals surface area contributed by atoms with Gasteiger partial charge in [0.15, 0.2) is 0 Å². The molecule has 0 radical (unpaired) electrons. The molecule has 1 aromatic rings. The minimum atomic E-state index is -0.236. The minimum Gasteiger partial charge on any atom is -0.394 e. The van der Waals surface area contributed by atoms with Gasteiger partial charge >= 0.3 is 0 Å². The maximum atomic E-state index is 12.3. The van der Waals surface area contributed by atoms with E-state index in [1.165, 1.54) is 0 Å². The van der Waals surface area contributed by atoms with Crippen LogP contribution in [0, 0.1) is 5.41 Å². The van der Waals surface area contributed by atoms with Gasteiger partial charge in [-0.15, -0.1) is 0 Å². The second-order valence-corrected chi connectivity index (χ2v) is 6.85. The standard InChI is InChI=1S/C15H27N3O2/c1-10(2)12-7-13(18(6)17-12)14(20)16-11(9-19)8-15(3,4)5/h7,10-11,19H,8-9H2,1-6H3,(H,16,20). The Labute approximate surface area is 121 Å². The number of rotatable bonds is 5. The molecule has 1 aromatic heterocycles. The molecule has 0 bridgehead atoms. The van der Waals surface area contributed by atoms with Gasteiger partial charge in [0, 0.05) is 7.05 Å². The summed E-state index contributed by atoms with van der Waals surface area (Å²) in [6, 6.07) is 1.57. The number of nitrogens with one attached hydrogen (secondary N) is 1. The largest absolute Gasteiger partial charge is 0.394 e. The Kier molecular flexibility index (Phi) is 5.34. The predicted octanol–water partition coefficient (Wildman–Crippen LogP) is 2.07. The first-order chi connectivity index (χ1) is 9.14. The summed E-state index contributed by atoms with van der Waals surface area (Å²) < 4.78 is 1.59. The van der Waals surface area contributed by atoms with Crippen molar-refractivity contribution in [3.8, 4) is 0 Å². The van der Waals surface area contributed by atoms with E-state index in [2.05, 4.69) is 31.2 Å². The molecule has 0 saturated heterocycles. The van der Waals surface area contributed by atoms with Crippen molar-refractivity contribution in [3.63, 3.8) is 0 Å². The third-order valence-electron chi connectivity index (χ3n) is 3.14. The van der Waals surface area contributed by atoms with E-state index in [9.17, 15) is 9.90 Å². The Morgan fingerprint density at radius 1 is 1.45 bits per heavy atom. The lowest BCUT2D eigenvalue weighted by Crippen LogP contribution is -2.40. The molecule has 1 amide bonds. The molecule has 0 aliphatic rings. The topological polar surface area (TPSA) is 67.2 Å². The van der Waals surface area contributed by atoms with Crippen molar-refractivity contribution >= 4 is 5.91 Å². The fourth-order valence-corrected chi connectivity index (χ4v) is 2.14. The molecule has 0 saturated carbocycles. The van der Waals surface area contributed by atoms with E-state index in [4.69, 9.17) is 0 Å². The molecule has 0 spiro atoms. The van der Waals surface area contributed by atoms with Gasteiger partial charge in [-0.25, -0.2) is 0 Å². The number of hydrogen-bond acceptors (Lipinski definition) is 3. The molecule has 1 rings (SSSR count). The van der Waals surface area contributed by atoms with E-state index in [-0.39, 0.29) is 29.9 Å². The zero-order chi connectivity index (χ0) is 15.5. The summed E-state index contributed by atoms with van der Waals surface area (Å²) in [4.78, 5) is 12.3. The molecule has 5 nitrogen and oxygen atoms in total. The molecular formula is C15H27N3O2. The fourth-order valence-electron chi connectivity index (χ4n) is 2.14. The molecule has 1 unspecified atom stereocenters. The molecule has 5 heteroatoms. The summed E-state index contributed by atoms with van der Waals surface area (Å²) in [6.45, 7) is 10.3. The Morgan fingerprint density at radius 2 is 2.05 bits per heavy atom. The van der Waals surface area contributed by atoms with E-state index < -0.39 is 0 Å². The van der Waals surface area contributed by atoms with Crippen molar-refractivity contribution in [2.45, 2.75) is 53.0 Å². The third kappa shape index (κ3) is 4.63. The van der Waals surface area contributed by atoms with Crippen LogP contribution in [-0.2, 0) is 7.05 Å². The number of aliphatic hydroxyl groups is 1. The van der Waals surface area contributed by atoms with Crippen LogP contribution < -0.4 is 5.32 Å². The van der Waals surface area contributed by atoms with Crippen LogP contribution in [0.2, 0.25) is 0 Å².